The molecule has 4 N–H and O–H groups in total. The van der Waals surface area contributed by atoms with Crippen LogP contribution in [0, 0.1) is 6.92 Å². The molecule has 2 heterocycles. The predicted octanol–water partition coefficient (Wildman–Crippen LogP) is 18.9. The molecule has 4 rings (SSSR count). The number of benzene rings is 2. The van der Waals surface area contributed by atoms with Crippen LogP contribution in [-0.4, -0.2) is 159 Å². The molecule has 0 bridgehead atoms. The summed E-state index contributed by atoms with van der Waals surface area (Å²) < 4.78 is 74.4. The highest BCUT2D eigenvalue weighted by atomic mass is 35.5. The van der Waals surface area contributed by atoms with Crippen LogP contribution in [0.1, 0.15) is 251 Å². The number of quaternary nitrogens is 1. The number of nitrogens with one attached hydrogen (secondary N) is 3. The van der Waals surface area contributed by atoms with Gasteiger partial charge in [-0.1, -0.05) is 207 Å². The molecule has 1 aliphatic rings. The van der Waals surface area contributed by atoms with Gasteiger partial charge in [-0.2, -0.15) is 4.98 Å². The van der Waals surface area contributed by atoms with Gasteiger partial charge in [0.2, 0.25) is 11.9 Å². The molecule has 1 aliphatic heterocycles. The number of hydrogen-bond donors (Lipinski definition) is 4. The second kappa shape index (κ2) is 50.8. The Hall–Kier alpha value is -4.65. The van der Waals surface area contributed by atoms with Crippen LogP contribution >= 0.6 is 41.0 Å². The molecule has 2 aromatic carbocycles. The minimum atomic E-state index is -4.58. The van der Waals surface area contributed by atoms with E-state index in [0.29, 0.717) is 78.4 Å². The highest BCUT2D eigenvalue weighted by Crippen LogP contribution is 2.44. The summed E-state index contributed by atoms with van der Waals surface area (Å²) in [5, 5.41) is 8.92. The van der Waals surface area contributed by atoms with Gasteiger partial charge < -0.3 is 49.2 Å². The minimum Gasteiger partial charge on any atom is -0.489 e. The topological polar surface area (TPSA) is 260 Å². The molecule has 578 valence electrons. The highest BCUT2D eigenvalue weighted by molar-refractivity contribution is 8.76. The van der Waals surface area contributed by atoms with Crippen LogP contribution in [0.4, 0.5) is 27.9 Å². The number of esters is 2. The zero-order valence-corrected chi connectivity index (χ0v) is 67.4. The molecule has 26 heteroatoms. The fraction of sp³-hybridized carbons (Fsp3) is 0.711. The first-order chi connectivity index (χ1) is 48.8. The number of ether oxygens (including phenoxy) is 4. The van der Waals surface area contributed by atoms with Crippen LogP contribution in [0.3, 0.4) is 0 Å². The number of phosphoric acid groups is 1. The second-order valence-corrected chi connectivity index (χ2v) is 35.4. The fourth-order valence-electron chi connectivity index (χ4n) is 11.7. The van der Waals surface area contributed by atoms with Gasteiger partial charge in [-0.05, 0) is 114 Å². The molecule has 0 aliphatic carbocycles. The Balaban J connectivity index is 1.24. The number of aromatic nitrogens is 2. The summed E-state index contributed by atoms with van der Waals surface area (Å²) in [6.07, 6.45) is 33.7. The summed E-state index contributed by atoms with van der Waals surface area (Å²) in [5.41, 5.74) is 3.10. The molecule has 1 fully saturated rings. The van der Waals surface area contributed by atoms with Crippen molar-refractivity contribution >= 4 is 97.9 Å². The van der Waals surface area contributed by atoms with Crippen LogP contribution in [0.5, 0.6) is 5.75 Å². The maximum atomic E-state index is 13.6. The molecule has 1 saturated heterocycles. The number of nitrogens with zero attached hydrogens (tertiary/aromatic N) is 4. The van der Waals surface area contributed by atoms with Crippen LogP contribution in [0.25, 0.3) is 0 Å². The van der Waals surface area contributed by atoms with Crippen molar-refractivity contribution in [2.45, 2.75) is 275 Å². The van der Waals surface area contributed by atoms with Gasteiger partial charge in [0, 0.05) is 31.0 Å². The molecule has 1 aromatic heterocycles. The quantitative estimate of drug-likeness (QED) is 0.00778. The number of carbonyl (C=O) groups excluding carboxylic acids is 4. The average Bonchev–Trinajstić information content (AvgIpc) is 0.803. The summed E-state index contributed by atoms with van der Waals surface area (Å²) in [6, 6.07) is 9.61. The number of halogens is 1. The maximum absolute atomic E-state index is 13.6. The lowest BCUT2D eigenvalue weighted by Crippen LogP contribution is -2.47. The zero-order chi connectivity index (χ0) is 74.6. The predicted molar refractivity (Wildman–Crippen MR) is 416 cm³/mol. The van der Waals surface area contributed by atoms with Crippen LogP contribution < -0.4 is 20.7 Å². The molecule has 3 aromatic rings. The van der Waals surface area contributed by atoms with E-state index in [2.05, 4.69) is 39.8 Å². The van der Waals surface area contributed by atoms with Crippen molar-refractivity contribution in [1.82, 2.24) is 20.2 Å². The first-order valence-corrected chi connectivity index (χ1v) is 43.8. The summed E-state index contributed by atoms with van der Waals surface area (Å²) >= 11 is 6.54. The second-order valence-electron chi connectivity index (χ2n) is 28.3. The van der Waals surface area contributed by atoms with Gasteiger partial charge >= 0.3 is 25.9 Å². The van der Waals surface area contributed by atoms with Gasteiger partial charge in [0.05, 0.1) is 80.5 Å². The third-order valence-electron chi connectivity index (χ3n) is 17.7. The Morgan fingerprint density at radius 3 is 1.86 bits per heavy atom. The summed E-state index contributed by atoms with van der Waals surface area (Å²) in [4.78, 5) is 75.1. The number of unbranched alkanes of at least 4 members (excludes halogenated alkanes) is 23. The largest absolute Gasteiger partial charge is 0.489 e. The van der Waals surface area contributed by atoms with Crippen molar-refractivity contribution in [3.05, 3.63) is 70.9 Å². The summed E-state index contributed by atoms with van der Waals surface area (Å²) in [6.45, 7) is 14.9. The van der Waals surface area contributed by atoms with E-state index in [1.54, 1.807) is 49.1 Å². The minimum absolute atomic E-state index is 0.0428. The number of hydrogen-bond acceptors (Lipinski definition) is 19. The lowest BCUT2D eigenvalue weighted by molar-refractivity contribution is -0.870. The van der Waals surface area contributed by atoms with Crippen molar-refractivity contribution < 1.29 is 69.5 Å². The number of para-hydroxylation sites is 1. The molecular weight excluding hydrogens is 1400 g/mol. The highest BCUT2D eigenvalue weighted by Gasteiger charge is 2.32. The summed E-state index contributed by atoms with van der Waals surface area (Å²) in [7, 11) is 0.559. The summed E-state index contributed by atoms with van der Waals surface area (Å²) in [5.74, 6) is 0.589. The van der Waals surface area contributed by atoms with Crippen molar-refractivity contribution in [3.8, 4) is 5.75 Å². The van der Waals surface area contributed by atoms with Crippen LogP contribution in [0.2, 0.25) is 5.02 Å². The Bertz CT molecular complexity index is 3100. The van der Waals surface area contributed by atoms with Crippen LogP contribution in [0.15, 0.2) is 59.6 Å². The Kier molecular flexibility index (Phi) is 44.7. The average molecular weight is 1520 g/mol. The van der Waals surface area contributed by atoms with E-state index in [0.717, 1.165) is 49.7 Å². The van der Waals surface area contributed by atoms with Crippen molar-refractivity contribution in [3.63, 3.8) is 0 Å². The number of piperidine rings is 1. The number of likely N-dealkylation sites (N-methyl/N-ethyl adjacent to an activating group) is 1. The molecular formula is C76H126ClN7O14PS3+. The van der Waals surface area contributed by atoms with Crippen LogP contribution in [-0.2, 0) is 52.0 Å². The van der Waals surface area contributed by atoms with E-state index in [9.17, 15) is 37.1 Å². The van der Waals surface area contributed by atoms with Crippen molar-refractivity contribution in [2.75, 3.05) is 89.3 Å². The van der Waals surface area contributed by atoms with E-state index in [1.165, 1.54) is 137 Å². The third-order valence-corrected chi connectivity index (χ3v) is 23.5. The normalized spacial score (nSPS) is 14.2. The first kappa shape index (κ1) is 89.7. The van der Waals surface area contributed by atoms with Gasteiger partial charge in [0.1, 0.15) is 43.2 Å². The number of carbonyl (C=O) groups is 4. The number of phosphoric ester groups is 1. The molecule has 1 unspecified atom stereocenters. The van der Waals surface area contributed by atoms with Gasteiger partial charge in [0.15, 0.2) is 15.7 Å². The van der Waals surface area contributed by atoms with Gasteiger partial charge in [0.25, 0.3) is 0 Å². The van der Waals surface area contributed by atoms with Gasteiger partial charge in [-0.3, -0.25) is 23.4 Å². The standard InChI is InChI=1S/C76H125ClN7O14PS3/c1-11-13-15-17-19-21-23-25-27-29-31-33-35-40-68(67(58-96-99(89,90)95-50-49-84(8,9)10)79-71(85)42-36-34-32-30-28-26-24-22-20-18-16-14-12-2)98-73(87)44-43-72(86)93-51-53-100-101-54-52-94-76(88)83-47-45-62(46-48-83)63-56-69(97-59(3)4)66(55-61(63)7)81-75-78-57-64(77)74(82-75)80-65-39-37-38-41-70(65)102(91,92)60(5)6/h35,37-41,55-57,59-60,62,67-68H,11-34,36,42-54,58H2,1-10H3,(H3-,78,79,80,81,82,85,89,90)/p+1/b40-35+/t67-,68+/m0/s1. The number of likely N-dealkylation sites (tertiary alicyclic amines) is 1. The number of aryl methyl sites for hydroxylation is 1. The monoisotopic (exact) mass is 1520 g/mol. The smallest absolute Gasteiger partial charge is 0.472 e. The van der Waals surface area contributed by atoms with Crippen molar-refractivity contribution in [1.29, 1.82) is 0 Å². The third kappa shape index (κ3) is 38.1. The maximum Gasteiger partial charge on any atom is 0.472 e. The number of rotatable bonds is 56. The van der Waals surface area contributed by atoms with Gasteiger partial charge in [-0.25, -0.2) is 22.8 Å². The number of amides is 2. The Morgan fingerprint density at radius 1 is 0.725 bits per heavy atom. The Morgan fingerprint density at radius 2 is 1.28 bits per heavy atom. The van der Waals surface area contributed by atoms with E-state index in [-0.39, 0.29) is 84.8 Å². The van der Waals surface area contributed by atoms with E-state index in [1.807, 2.05) is 60.1 Å². The lowest BCUT2D eigenvalue weighted by atomic mass is 9.86. The number of sulfone groups is 1. The molecule has 102 heavy (non-hydrogen) atoms. The van der Waals surface area contributed by atoms with E-state index in [4.69, 9.17) is 39.6 Å². The van der Waals surface area contributed by atoms with E-state index < -0.39 is 53.6 Å². The SMILES string of the molecule is CCCCCCCCCCCCC/C=C/[C@@H](OC(=O)CCC(=O)OCCSSCCOC(=O)N1CCC(c2cc(OC(C)C)c(Nc3ncc(Cl)c(Nc4ccccc4S(=O)(=O)C(C)C)n3)cc2C)CC1)[C@H](COP(=O)(O)OCC[N+](C)(C)C)NC(=O)CCCCCCCCCCCCCCC. The van der Waals surface area contributed by atoms with Gasteiger partial charge in [-0.15, -0.1) is 0 Å². The lowest BCUT2D eigenvalue weighted by Gasteiger charge is -2.32. The molecule has 21 nitrogen and oxygen atoms in total. The Labute approximate surface area is 625 Å². The molecule has 3 atom stereocenters. The molecule has 0 radical (unpaired) electrons. The zero-order valence-electron chi connectivity index (χ0n) is 63.3. The van der Waals surface area contributed by atoms with E-state index >= 15 is 0 Å². The van der Waals surface area contributed by atoms with Crippen molar-refractivity contribution in [2.24, 2.45) is 0 Å². The molecule has 0 spiro atoms. The number of allylic oxidation sites excluding steroid dienone is 1. The first-order valence-electron chi connectivity index (χ1n) is 37.9. The molecule has 2 amide bonds. The number of anilines is 4. The fourth-order valence-corrected chi connectivity index (χ4v) is 15.4. The molecule has 0 saturated carbocycles.